The molecule has 3 aliphatic rings. The molecule has 2 saturated carbocycles. The molecule has 1 heterocycles. The number of benzene rings is 2. The molecule has 0 bridgehead atoms. The van der Waals surface area contributed by atoms with Gasteiger partial charge in [-0.15, -0.1) is 0 Å². The lowest BCUT2D eigenvalue weighted by molar-refractivity contribution is 0.0977. The normalized spacial score (nSPS) is 19.6. The lowest BCUT2D eigenvalue weighted by atomic mass is 9.98. The SMILES string of the molecule is O=C(NS(=O)(=O)C1CC1)c1cc(C2CC2)c(CN2CCC(S(=O)(=O)c3cc(Cl)cc(Cl)c3)CC2)cc1F. The van der Waals surface area contributed by atoms with Gasteiger partial charge < -0.3 is 0 Å². The molecule has 2 aromatic carbocycles. The summed E-state index contributed by atoms with van der Waals surface area (Å²) in [6.45, 7) is 1.43. The van der Waals surface area contributed by atoms with Crippen molar-refractivity contribution in [1.29, 1.82) is 0 Å². The van der Waals surface area contributed by atoms with Gasteiger partial charge in [0.05, 0.1) is 21.0 Å². The van der Waals surface area contributed by atoms with Gasteiger partial charge in [0.25, 0.3) is 5.91 Å². The maximum Gasteiger partial charge on any atom is 0.267 e. The third kappa shape index (κ3) is 5.98. The highest BCUT2D eigenvalue weighted by Crippen LogP contribution is 2.43. The van der Waals surface area contributed by atoms with Gasteiger partial charge >= 0.3 is 0 Å². The van der Waals surface area contributed by atoms with Crippen molar-refractivity contribution in [3.63, 3.8) is 0 Å². The van der Waals surface area contributed by atoms with E-state index in [2.05, 4.69) is 4.90 Å². The molecule has 2 aromatic rings. The van der Waals surface area contributed by atoms with Gasteiger partial charge in [-0.3, -0.25) is 9.69 Å². The smallest absolute Gasteiger partial charge is 0.267 e. The lowest BCUT2D eigenvalue weighted by Gasteiger charge is -2.32. The molecule has 1 saturated heterocycles. The molecule has 0 unspecified atom stereocenters. The third-order valence-electron chi connectivity index (χ3n) is 7.22. The largest absolute Gasteiger partial charge is 0.299 e. The number of rotatable bonds is 8. The molecular weight excluding hydrogens is 562 g/mol. The van der Waals surface area contributed by atoms with Gasteiger partial charge in [-0.2, -0.15) is 0 Å². The number of piperidine rings is 1. The Balaban J connectivity index is 1.28. The maximum absolute atomic E-state index is 15.0. The van der Waals surface area contributed by atoms with Crippen molar-refractivity contribution >= 4 is 49.0 Å². The molecule has 0 spiro atoms. The van der Waals surface area contributed by atoms with Crippen LogP contribution in [0.25, 0.3) is 0 Å². The van der Waals surface area contributed by atoms with Crippen LogP contribution in [-0.2, 0) is 26.4 Å². The highest BCUT2D eigenvalue weighted by Gasteiger charge is 2.38. The van der Waals surface area contributed by atoms with Crippen LogP contribution in [0.3, 0.4) is 0 Å². The molecule has 0 aromatic heterocycles. The summed E-state index contributed by atoms with van der Waals surface area (Å²) >= 11 is 12.0. The van der Waals surface area contributed by atoms with Crippen LogP contribution in [0.15, 0.2) is 35.2 Å². The molecule has 200 valence electrons. The molecule has 37 heavy (non-hydrogen) atoms. The Bertz CT molecular complexity index is 1430. The van der Waals surface area contributed by atoms with Crippen molar-refractivity contribution in [3.05, 3.63) is 62.9 Å². The number of carbonyl (C=O) groups excluding carboxylic acids is 1. The van der Waals surface area contributed by atoms with Crippen LogP contribution >= 0.6 is 23.2 Å². The van der Waals surface area contributed by atoms with E-state index >= 15 is 4.39 Å². The second-order valence-electron chi connectivity index (χ2n) is 10.1. The fourth-order valence-electron chi connectivity index (χ4n) is 4.87. The van der Waals surface area contributed by atoms with E-state index in [4.69, 9.17) is 23.2 Å². The number of halogens is 3. The molecule has 1 aliphatic heterocycles. The summed E-state index contributed by atoms with van der Waals surface area (Å²) < 4.78 is 67.6. The van der Waals surface area contributed by atoms with Gasteiger partial charge in [0.15, 0.2) is 9.84 Å². The van der Waals surface area contributed by atoms with E-state index in [1.54, 1.807) is 0 Å². The Kier molecular flexibility index (Phi) is 7.34. The minimum absolute atomic E-state index is 0.110. The zero-order valence-corrected chi connectivity index (χ0v) is 23.1. The van der Waals surface area contributed by atoms with Gasteiger partial charge in [-0.05, 0) is 99.0 Å². The second kappa shape index (κ2) is 10.1. The van der Waals surface area contributed by atoms with E-state index in [1.165, 1.54) is 30.3 Å². The predicted octanol–water partition coefficient (Wildman–Crippen LogP) is 4.67. The molecule has 0 atom stereocenters. The Morgan fingerprint density at radius 1 is 0.892 bits per heavy atom. The highest BCUT2D eigenvalue weighted by atomic mass is 35.5. The minimum Gasteiger partial charge on any atom is -0.299 e. The van der Waals surface area contributed by atoms with Crippen LogP contribution in [0.4, 0.5) is 4.39 Å². The lowest BCUT2D eigenvalue weighted by Crippen LogP contribution is -2.39. The number of nitrogens with one attached hydrogen (secondary N) is 1. The van der Waals surface area contributed by atoms with E-state index in [0.717, 1.165) is 24.0 Å². The van der Waals surface area contributed by atoms with E-state index in [9.17, 15) is 21.6 Å². The first-order chi connectivity index (χ1) is 17.4. The molecule has 7 nitrogen and oxygen atoms in total. The molecular formula is C25H27Cl2FN2O5S2. The zero-order chi connectivity index (χ0) is 26.5. The molecule has 5 rings (SSSR count). The zero-order valence-electron chi connectivity index (χ0n) is 19.9. The summed E-state index contributed by atoms with van der Waals surface area (Å²) in [5, 5.41) is -0.623. The monoisotopic (exact) mass is 588 g/mol. The van der Waals surface area contributed by atoms with E-state index in [-0.39, 0.29) is 26.4 Å². The Labute approximate surface area is 226 Å². The van der Waals surface area contributed by atoms with Crippen molar-refractivity contribution in [3.8, 4) is 0 Å². The van der Waals surface area contributed by atoms with Crippen LogP contribution < -0.4 is 4.72 Å². The number of nitrogens with zero attached hydrogens (tertiary/aromatic N) is 1. The Morgan fingerprint density at radius 3 is 2.08 bits per heavy atom. The quantitative estimate of drug-likeness (QED) is 0.481. The number of sulfone groups is 1. The van der Waals surface area contributed by atoms with Crippen LogP contribution in [0, 0.1) is 5.82 Å². The highest BCUT2D eigenvalue weighted by molar-refractivity contribution is 7.92. The van der Waals surface area contributed by atoms with Gasteiger partial charge in [-0.1, -0.05) is 23.2 Å². The van der Waals surface area contributed by atoms with Crippen LogP contribution in [0.5, 0.6) is 0 Å². The minimum atomic E-state index is -3.78. The van der Waals surface area contributed by atoms with Crippen LogP contribution in [0.2, 0.25) is 10.0 Å². The number of hydrogen-bond donors (Lipinski definition) is 1. The fraction of sp³-hybridized carbons (Fsp3) is 0.480. The Hall–Kier alpha value is -1.72. The average Bonchev–Trinajstić information content (AvgIpc) is 3.71. The fourth-order valence-corrected chi connectivity index (χ4v) is 8.61. The summed E-state index contributed by atoms with van der Waals surface area (Å²) in [4.78, 5) is 14.8. The van der Waals surface area contributed by atoms with Gasteiger partial charge in [-0.25, -0.2) is 25.9 Å². The first-order valence-corrected chi connectivity index (χ1v) is 16.1. The molecule has 2 aliphatic carbocycles. The van der Waals surface area contributed by atoms with Crippen LogP contribution in [0.1, 0.15) is 65.9 Å². The second-order valence-corrected chi connectivity index (χ2v) is 15.2. The topological polar surface area (TPSA) is 101 Å². The number of amides is 1. The number of sulfonamides is 1. The van der Waals surface area contributed by atoms with Gasteiger partial charge in [0.1, 0.15) is 5.82 Å². The molecule has 1 N–H and O–H groups in total. The number of carbonyl (C=O) groups is 1. The summed E-state index contributed by atoms with van der Waals surface area (Å²) in [7, 11) is -7.38. The van der Waals surface area contributed by atoms with Crippen molar-refractivity contribution in [2.45, 2.75) is 66.4 Å². The van der Waals surface area contributed by atoms with E-state index < -0.39 is 42.1 Å². The Morgan fingerprint density at radius 2 is 1.51 bits per heavy atom. The van der Waals surface area contributed by atoms with Crippen molar-refractivity contribution in [1.82, 2.24) is 9.62 Å². The third-order valence-corrected chi connectivity index (χ3v) is 11.7. The molecule has 0 radical (unpaired) electrons. The van der Waals surface area contributed by atoms with Crippen LogP contribution in [-0.4, -0.2) is 51.2 Å². The summed E-state index contributed by atoms with van der Waals surface area (Å²) in [6.07, 6.45) is 3.66. The van der Waals surface area contributed by atoms with Gasteiger partial charge in [0.2, 0.25) is 10.0 Å². The summed E-state index contributed by atoms with van der Waals surface area (Å²) in [5.41, 5.74) is 1.32. The number of likely N-dealkylation sites (tertiary alicyclic amines) is 1. The number of hydrogen-bond acceptors (Lipinski definition) is 6. The predicted molar refractivity (Wildman–Crippen MR) is 140 cm³/mol. The van der Waals surface area contributed by atoms with Crippen molar-refractivity contribution in [2.75, 3.05) is 13.1 Å². The average molecular weight is 590 g/mol. The van der Waals surface area contributed by atoms with Crippen molar-refractivity contribution in [2.24, 2.45) is 0 Å². The summed E-state index contributed by atoms with van der Waals surface area (Å²) in [6, 6.07) is 7.12. The standard InChI is InChI=1S/C25H27Cl2FN2O5S2/c26-17-10-18(27)12-21(11-17)36(32,33)19-5-7-30(8-6-19)14-16-9-24(28)23(13-22(16)15-1-2-15)25(31)29-37(34,35)20-3-4-20/h9-13,15,19-20H,1-8,14H2,(H,29,31). The maximum atomic E-state index is 15.0. The van der Waals surface area contributed by atoms with Crippen molar-refractivity contribution < 1.29 is 26.0 Å². The van der Waals surface area contributed by atoms with E-state index in [0.29, 0.717) is 45.3 Å². The molecule has 1 amide bonds. The van der Waals surface area contributed by atoms with E-state index in [1.807, 2.05) is 4.72 Å². The van der Waals surface area contributed by atoms with Gasteiger partial charge in [0, 0.05) is 16.6 Å². The first-order valence-electron chi connectivity index (χ1n) is 12.2. The molecule has 3 fully saturated rings. The first kappa shape index (κ1) is 26.9. The summed E-state index contributed by atoms with van der Waals surface area (Å²) in [5.74, 6) is -1.50. The molecule has 12 heteroatoms.